The Morgan fingerprint density at radius 2 is 1.86 bits per heavy atom. The lowest BCUT2D eigenvalue weighted by atomic mass is 10.0. The monoisotopic (exact) mass is 385 g/mol. The molecule has 0 bridgehead atoms. The summed E-state index contributed by atoms with van der Waals surface area (Å²) in [6.45, 7) is 4.05. The van der Waals surface area contributed by atoms with Gasteiger partial charge in [-0.25, -0.2) is 8.42 Å². The fourth-order valence-corrected chi connectivity index (χ4v) is 2.95. The summed E-state index contributed by atoms with van der Waals surface area (Å²) in [6, 6.07) is 8.07. The van der Waals surface area contributed by atoms with Crippen LogP contribution in [0.25, 0.3) is 0 Å². The van der Waals surface area contributed by atoms with Crippen LogP contribution in [0.1, 0.15) is 35.8 Å². The summed E-state index contributed by atoms with van der Waals surface area (Å²) >= 11 is 3.20. The topological polar surface area (TPSA) is 91.1 Å². The van der Waals surface area contributed by atoms with Crippen LogP contribution in [0.4, 0.5) is 0 Å². The lowest BCUT2D eigenvalue weighted by Crippen LogP contribution is -2.41. The minimum atomic E-state index is -3.81. The molecule has 118 valence electrons. The first kappa shape index (κ1) is 16.7. The maximum atomic E-state index is 12.1. The summed E-state index contributed by atoms with van der Waals surface area (Å²) in [5.74, 6) is -0.260. The van der Waals surface area contributed by atoms with Gasteiger partial charge in [-0.05, 0) is 45.6 Å². The van der Waals surface area contributed by atoms with Crippen molar-refractivity contribution in [2.24, 2.45) is 0 Å². The van der Waals surface area contributed by atoms with Gasteiger partial charge in [0, 0.05) is 10.7 Å². The molecule has 1 amide bonds. The van der Waals surface area contributed by atoms with E-state index in [2.05, 4.69) is 31.2 Å². The molecule has 8 heteroatoms. The number of H-pyrrole nitrogens is 1. The number of rotatable bonds is 5. The second-order valence-corrected chi connectivity index (χ2v) is 7.61. The van der Waals surface area contributed by atoms with Gasteiger partial charge in [-0.15, -0.1) is 4.83 Å². The van der Waals surface area contributed by atoms with Gasteiger partial charge in [0.15, 0.2) is 0 Å². The molecule has 0 atom stereocenters. The molecule has 0 unspecified atom stereocenters. The van der Waals surface area contributed by atoms with Crippen molar-refractivity contribution in [3.05, 3.63) is 52.3 Å². The predicted octanol–water partition coefficient (Wildman–Crippen LogP) is 2.52. The van der Waals surface area contributed by atoms with Crippen molar-refractivity contribution in [1.29, 1.82) is 0 Å². The van der Waals surface area contributed by atoms with Crippen molar-refractivity contribution in [1.82, 2.24) is 15.2 Å². The number of nitrogens with one attached hydrogen (secondary N) is 3. The molecule has 22 heavy (non-hydrogen) atoms. The van der Waals surface area contributed by atoms with Gasteiger partial charge in [0.25, 0.3) is 15.9 Å². The first-order valence-corrected chi connectivity index (χ1v) is 8.83. The minimum Gasteiger partial charge on any atom is -0.356 e. The van der Waals surface area contributed by atoms with E-state index in [9.17, 15) is 13.2 Å². The number of hydrazine groups is 1. The van der Waals surface area contributed by atoms with Crippen LogP contribution in [0.3, 0.4) is 0 Å². The highest BCUT2D eigenvalue weighted by atomic mass is 79.9. The lowest BCUT2D eigenvalue weighted by Gasteiger charge is -2.09. The van der Waals surface area contributed by atoms with Crippen molar-refractivity contribution in [2.45, 2.75) is 24.7 Å². The Kier molecular flexibility index (Phi) is 5.05. The molecule has 0 aliphatic carbocycles. The predicted molar refractivity (Wildman–Crippen MR) is 86.8 cm³/mol. The summed E-state index contributed by atoms with van der Waals surface area (Å²) in [5, 5.41) is 0. The molecular formula is C14H16BrN3O3S. The fourth-order valence-electron chi connectivity index (χ4n) is 1.77. The molecule has 1 aromatic heterocycles. The summed E-state index contributed by atoms with van der Waals surface area (Å²) in [7, 11) is -3.81. The third-order valence-electron chi connectivity index (χ3n) is 3.05. The normalized spacial score (nSPS) is 11.6. The second-order valence-electron chi connectivity index (χ2n) is 5.01. The van der Waals surface area contributed by atoms with Crippen molar-refractivity contribution in [3.8, 4) is 0 Å². The Labute approximate surface area is 137 Å². The third kappa shape index (κ3) is 3.96. The number of aromatic amines is 1. The molecule has 0 saturated carbocycles. The highest BCUT2D eigenvalue weighted by molar-refractivity contribution is 9.10. The van der Waals surface area contributed by atoms with Gasteiger partial charge in [-0.1, -0.05) is 26.0 Å². The van der Waals surface area contributed by atoms with E-state index in [4.69, 9.17) is 0 Å². The van der Waals surface area contributed by atoms with Crippen molar-refractivity contribution < 1.29 is 13.2 Å². The molecule has 0 aliphatic rings. The molecule has 2 rings (SSSR count). The number of benzene rings is 1. The Morgan fingerprint density at radius 1 is 1.23 bits per heavy atom. The molecule has 1 heterocycles. The molecule has 0 radical (unpaired) electrons. The highest BCUT2D eigenvalue weighted by Crippen LogP contribution is 2.17. The number of hydrogen-bond acceptors (Lipinski definition) is 3. The van der Waals surface area contributed by atoms with Gasteiger partial charge in [0.1, 0.15) is 5.69 Å². The van der Waals surface area contributed by atoms with Crippen molar-refractivity contribution >= 4 is 31.9 Å². The number of aromatic nitrogens is 1. The van der Waals surface area contributed by atoms with E-state index in [0.717, 1.165) is 5.56 Å². The Morgan fingerprint density at radius 3 is 2.36 bits per heavy atom. The zero-order chi connectivity index (χ0) is 16.3. The van der Waals surface area contributed by atoms with Crippen LogP contribution in [0.2, 0.25) is 0 Å². The molecule has 0 spiro atoms. The largest absolute Gasteiger partial charge is 0.356 e. The maximum absolute atomic E-state index is 12.1. The van der Waals surface area contributed by atoms with E-state index in [1.54, 1.807) is 24.4 Å². The molecule has 0 saturated heterocycles. The molecule has 3 N–H and O–H groups in total. The minimum absolute atomic E-state index is 0.0878. The zero-order valence-corrected chi connectivity index (χ0v) is 14.5. The Hall–Kier alpha value is -1.64. The van der Waals surface area contributed by atoms with Crippen molar-refractivity contribution in [2.75, 3.05) is 0 Å². The van der Waals surface area contributed by atoms with Crippen LogP contribution < -0.4 is 10.3 Å². The van der Waals surface area contributed by atoms with Gasteiger partial charge in [-0.2, -0.15) is 0 Å². The average Bonchev–Trinajstić information content (AvgIpc) is 2.91. The zero-order valence-electron chi connectivity index (χ0n) is 12.1. The number of amides is 1. The first-order valence-electron chi connectivity index (χ1n) is 6.55. The second kappa shape index (κ2) is 6.64. The standard InChI is InChI=1S/C14H16BrN3O3S/c1-9(2)10-3-5-12(6-4-10)22(20,21)18-17-14(19)13-7-11(15)8-16-13/h3-9,16,18H,1-2H3,(H,17,19). The van der Waals surface area contributed by atoms with Gasteiger partial charge < -0.3 is 4.98 Å². The highest BCUT2D eigenvalue weighted by Gasteiger charge is 2.16. The van der Waals surface area contributed by atoms with Gasteiger partial charge >= 0.3 is 0 Å². The summed E-state index contributed by atoms with van der Waals surface area (Å²) in [5.41, 5.74) is 3.44. The first-order chi connectivity index (χ1) is 10.3. The third-order valence-corrected chi connectivity index (χ3v) is 4.77. The van der Waals surface area contributed by atoms with E-state index < -0.39 is 15.9 Å². The molecular weight excluding hydrogens is 370 g/mol. The summed E-state index contributed by atoms with van der Waals surface area (Å²) in [4.78, 5) is 16.7. The van der Waals surface area contributed by atoms with Crippen LogP contribution in [-0.4, -0.2) is 19.3 Å². The van der Waals surface area contributed by atoms with Gasteiger partial charge in [-0.3, -0.25) is 10.2 Å². The Balaban J connectivity index is 2.06. The number of sulfonamides is 1. The number of carbonyl (C=O) groups is 1. The number of hydrogen-bond donors (Lipinski definition) is 3. The van der Waals surface area contributed by atoms with Gasteiger partial charge in [0.05, 0.1) is 4.90 Å². The average molecular weight is 386 g/mol. The fraction of sp³-hybridized carbons (Fsp3) is 0.214. The molecule has 1 aromatic carbocycles. The molecule has 2 aromatic rings. The summed E-state index contributed by atoms with van der Waals surface area (Å²) < 4.78 is 24.9. The van der Waals surface area contributed by atoms with Gasteiger partial charge in [0.2, 0.25) is 0 Å². The summed E-state index contributed by atoms with van der Waals surface area (Å²) in [6.07, 6.45) is 1.58. The number of carbonyl (C=O) groups excluding carboxylic acids is 1. The molecule has 0 fully saturated rings. The van der Waals surface area contributed by atoms with Crippen LogP contribution in [0.15, 0.2) is 45.9 Å². The van der Waals surface area contributed by atoms with Crippen LogP contribution in [-0.2, 0) is 10.0 Å². The lowest BCUT2D eigenvalue weighted by molar-refractivity contribution is 0.0940. The van der Waals surface area contributed by atoms with Crippen LogP contribution >= 0.6 is 15.9 Å². The molecule has 0 aliphatic heterocycles. The van der Waals surface area contributed by atoms with E-state index in [-0.39, 0.29) is 10.6 Å². The SMILES string of the molecule is CC(C)c1ccc(S(=O)(=O)NNC(=O)c2cc(Br)c[nH]2)cc1. The Bertz CT molecular complexity index is 767. The van der Waals surface area contributed by atoms with Crippen molar-refractivity contribution in [3.63, 3.8) is 0 Å². The maximum Gasteiger partial charge on any atom is 0.282 e. The van der Waals surface area contributed by atoms with E-state index in [0.29, 0.717) is 10.4 Å². The van der Waals surface area contributed by atoms with E-state index >= 15 is 0 Å². The van der Waals surface area contributed by atoms with Crippen LogP contribution in [0, 0.1) is 0 Å². The number of halogens is 1. The quantitative estimate of drug-likeness (QED) is 0.690. The smallest absolute Gasteiger partial charge is 0.282 e. The molecule has 6 nitrogen and oxygen atoms in total. The van der Waals surface area contributed by atoms with E-state index in [1.807, 2.05) is 13.8 Å². The van der Waals surface area contributed by atoms with E-state index in [1.165, 1.54) is 12.1 Å². The van der Waals surface area contributed by atoms with Crippen LogP contribution in [0.5, 0.6) is 0 Å².